The molecular weight excluding hydrogens is 447 g/mol. The third-order valence-corrected chi connectivity index (χ3v) is 6.80. The molecule has 3 aliphatic rings. The summed E-state index contributed by atoms with van der Waals surface area (Å²) in [5, 5.41) is 0. The highest BCUT2D eigenvalue weighted by atomic mass is 19.1. The third kappa shape index (κ3) is 4.64. The van der Waals surface area contributed by atoms with Gasteiger partial charge in [0.2, 0.25) is 5.82 Å². The molecule has 1 aromatic rings. The van der Waals surface area contributed by atoms with Gasteiger partial charge in [-0.15, -0.1) is 0 Å². The van der Waals surface area contributed by atoms with Crippen LogP contribution in [0.15, 0.2) is 39.6 Å². The molecular formula is C24H29FN2O7. The third-order valence-electron chi connectivity index (χ3n) is 6.80. The number of aromatic nitrogens is 2. The van der Waals surface area contributed by atoms with Crippen LogP contribution in [-0.4, -0.2) is 45.5 Å². The smallest absolute Gasteiger partial charge is 0.334 e. The van der Waals surface area contributed by atoms with Crippen molar-refractivity contribution in [3.8, 4) is 0 Å². The van der Waals surface area contributed by atoms with Gasteiger partial charge in [-0.1, -0.05) is 19.6 Å². The molecule has 1 aliphatic carbocycles. The maximum absolute atomic E-state index is 14.0. The maximum atomic E-state index is 14.0. The molecule has 0 bridgehead atoms. The quantitative estimate of drug-likeness (QED) is 0.267. The molecule has 0 radical (unpaired) electrons. The Balaban J connectivity index is 1.42. The first-order chi connectivity index (χ1) is 16.1. The van der Waals surface area contributed by atoms with Gasteiger partial charge in [-0.3, -0.25) is 18.7 Å². The normalized spacial score (nSPS) is 30.0. The number of ether oxygens (including phenoxy) is 3. The fourth-order valence-electron chi connectivity index (χ4n) is 4.76. The average molecular weight is 477 g/mol. The van der Waals surface area contributed by atoms with Crippen LogP contribution in [-0.2, 0) is 36.9 Å². The molecule has 10 heteroatoms. The van der Waals surface area contributed by atoms with Crippen LogP contribution in [0.2, 0.25) is 0 Å². The molecule has 4 atom stereocenters. The largest absolute Gasteiger partial charge is 0.460 e. The van der Waals surface area contributed by atoms with Crippen molar-refractivity contribution in [3.63, 3.8) is 0 Å². The van der Waals surface area contributed by atoms with E-state index in [9.17, 15) is 23.6 Å². The zero-order valence-electron chi connectivity index (χ0n) is 19.4. The molecule has 3 heterocycles. The number of nitrogens with zero attached hydrogens (tertiary/aromatic N) is 2. The van der Waals surface area contributed by atoms with E-state index in [1.165, 1.54) is 0 Å². The highest BCUT2D eigenvalue weighted by Gasteiger charge is 2.61. The van der Waals surface area contributed by atoms with E-state index in [0.717, 1.165) is 27.3 Å². The van der Waals surface area contributed by atoms with Crippen molar-refractivity contribution in [2.45, 2.75) is 76.9 Å². The molecule has 0 saturated carbocycles. The lowest BCUT2D eigenvalue weighted by Gasteiger charge is -2.20. The van der Waals surface area contributed by atoms with E-state index in [-0.39, 0.29) is 36.9 Å². The standard InChI is InChI=1S/C24H29FN2O7/c1-4-10-27-21(29)17(25)11-26(23(27)31)12-18(28)32-13-15-6-5-9-24(3)20(34-24)19-16(8-7-15)14(2)22(30)33-19/h6,11,16,19-20H,2,4-5,7-10,12-13H2,1,3H3/b15-6+/t16-,19-,20-,24+/m0/s1. The molecule has 184 valence electrons. The van der Waals surface area contributed by atoms with Crippen molar-refractivity contribution in [2.24, 2.45) is 5.92 Å². The van der Waals surface area contributed by atoms with Gasteiger partial charge in [-0.2, -0.15) is 4.39 Å². The van der Waals surface area contributed by atoms with Gasteiger partial charge in [-0.25, -0.2) is 9.59 Å². The van der Waals surface area contributed by atoms with Gasteiger partial charge < -0.3 is 14.2 Å². The minimum absolute atomic E-state index is 0.00430. The number of allylic oxidation sites excluding steroid dienone is 1. The maximum Gasteiger partial charge on any atom is 0.334 e. The highest BCUT2D eigenvalue weighted by molar-refractivity contribution is 5.91. The second kappa shape index (κ2) is 9.32. The second-order valence-corrected chi connectivity index (χ2v) is 9.30. The lowest BCUT2D eigenvalue weighted by Crippen LogP contribution is -2.42. The van der Waals surface area contributed by atoms with Gasteiger partial charge in [0.25, 0.3) is 5.56 Å². The van der Waals surface area contributed by atoms with E-state index in [2.05, 4.69) is 6.58 Å². The number of esters is 2. The fraction of sp³-hybridized carbons (Fsp3) is 0.583. The van der Waals surface area contributed by atoms with E-state index in [4.69, 9.17) is 14.2 Å². The first-order valence-electron chi connectivity index (χ1n) is 11.6. The van der Waals surface area contributed by atoms with Gasteiger partial charge in [0.05, 0.1) is 11.8 Å². The average Bonchev–Trinajstić information content (AvgIpc) is 3.38. The van der Waals surface area contributed by atoms with Crippen molar-refractivity contribution < 1.29 is 28.2 Å². The number of halogens is 1. The van der Waals surface area contributed by atoms with Crippen LogP contribution in [0.3, 0.4) is 0 Å². The Labute approximate surface area is 195 Å². The molecule has 2 aliphatic heterocycles. The lowest BCUT2D eigenvalue weighted by atomic mass is 9.84. The van der Waals surface area contributed by atoms with Crippen molar-refractivity contribution >= 4 is 11.9 Å². The molecule has 2 saturated heterocycles. The van der Waals surface area contributed by atoms with E-state index in [1.54, 1.807) is 6.92 Å². The highest BCUT2D eigenvalue weighted by Crippen LogP contribution is 2.49. The Morgan fingerprint density at radius 1 is 1.35 bits per heavy atom. The summed E-state index contributed by atoms with van der Waals surface area (Å²) in [6, 6.07) is 0. The van der Waals surface area contributed by atoms with E-state index >= 15 is 0 Å². The van der Waals surface area contributed by atoms with Crippen LogP contribution < -0.4 is 11.2 Å². The molecule has 9 nitrogen and oxygen atoms in total. The Hall–Kier alpha value is -3.01. The molecule has 0 N–H and O–H groups in total. The van der Waals surface area contributed by atoms with Crippen LogP contribution in [0.4, 0.5) is 4.39 Å². The molecule has 0 aromatic carbocycles. The summed E-state index contributed by atoms with van der Waals surface area (Å²) in [5.74, 6) is -2.39. The van der Waals surface area contributed by atoms with Crippen LogP contribution in [0.1, 0.15) is 46.0 Å². The molecule has 0 unspecified atom stereocenters. The fourth-order valence-corrected chi connectivity index (χ4v) is 4.76. The molecule has 0 amide bonds. The van der Waals surface area contributed by atoms with Crippen molar-refractivity contribution in [2.75, 3.05) is 6.61 Å². The number of carbonyl (C=O) groups excluding carboxylic acids is 2. The lowest BCUT2D eigenvalue weighted by molar-refractivity contribution is -0.143. The number of hydrogen-bond acceptors (Lipinski definition) is 7. The van der Waals surface area contributed by atoms with Crippen molar-refractivity contribution in [1.29, 1.82) is 0 Å². The zero-order chi connectivity index (χ0) is 24.6. The van der Waals surface area contributed by atoms with Gasteiger partial charge in [0.1, 0.15) is 25.4 Å². The number of carbonyl (C=O) groups is 2. The number of fused-ring (bicyclic) bond motifs is 3. The van der Waals surface area contributed by atoms with Gasteiger partial charge in [0, 0.05) is 18.0 Å². The summed E-state index contributed by atoms with van der Waals surface area (Å²) in [5.41, 5.74) is -0.824. The second-order valence-electron chi connectivity index (χ2n) is 9.30. The Morgan fingerprint density at radius 3 is 2.85 bits per heavy atom. The molecule has 0 spiro atoms. The first kappa shape index (κ1) is 24.1. The number of epoxide rings is 1. The predicted octanol–water partition coefficient (Wildman–Crippen LogP) is 1.86. The van der Waals surface area contributed by atoms with Gasteiger partial charge in [0.15, 0.2) is 0 Å². The minimum Gasteiger partial charge on any atom is -0.460 e. The van der Waals surface area contributed by atoms with Gasteiger partial charge in [-0.05, 0) is 44.6 Å². The summed E-state index contributed by atoms with van der Waals surface area (Å²) < 4.78 is 32.4. The van der Waals surface area contributed by atoms with E-state index in [1.807, 2.05) is 13.0 Å². The molecule has 1 aromatic heterocycles. The minimum atomic E-state index is -1.10. The van der Waals surface area contributed by atoms with Crippen molar-refractivity contribution in [1.82, 2.24) is 9.13 Å². The zero-order valence-corrected chi connectivity index (χ0v) is 19.4. The molecule has 4 rings (SSSR count). The number of rotatable bonds is 6. The van der Waals surface area contributed by atoms with Crippen LogP contribution in [0, 0.1) is 11.7 Å². The topological polar surface area (TPSA) is 109 Å². The van der Waals surface area contributed by atoms with Gasteiger partial charge >= 0.3 is 17.6 Å². The first-order valence-corrected chi connectivity index (χ1v) is 11.6. The van der Waals surface area contributed by atoms with Crippen LogP contribution in [0.5, 0.6) is 0 Å². The number of hydrogen-bond donors (Lipinski definition) is 0. The van der Waals surface area contributed by atoms with Crippen LogP contribution >= 0.6 is 0 Å². The van der Waals surface area contributed by atoms with Crippen LogP contribution in [0.25, 0.3) is 0 Å². The summed E-state index contributed by atoms with van der Waals surface area (Å²) in [4.78, 5) is 48.8. The molecule has 34 heavy (non-hydrogen) atoms. The summed E-state index contributed by atoms with van der Waals surface area (Å²) in [7, 11) is 0. The summed E-state index contributed by atoms with van der Waals surface area (Å²) in [6.07, 6.45) is 5.32. The predicted molar refractivity (Wildman–Crippen MR) is 119 cm³/mol. The van der Waals surface area contributed by atoms with E-state index in [0.29, 0.717) is 31.3 Å². The summed E-state index contributed by atoms with van der Waals surface area (Å²) >= 11 is 0. The Morgan fingerprint density at radius 2 is 2.12 bits per heavy atom. The Kier molecular flexibility index (Phi) is 6.62. The Bertz CT molecular complexity index is 1170. The summed E-state index contributed by atoms with van der Waals surface area (Å²) in [6.45, 7) is 7.19. The van der Waals surface area contributed by atoms with Crippen molar-refractivity contribution in [3.05, 3.63) is 56.7 Å². The SMILES string of the molecule is C=C1C(=O)O[C@H]2[C@H]1CC/C(COC(=O)Cn1cc(F)c(=O)n(CCC)c1=O)=C\CC[C@@]1(C)O[C@@H]21. The monoisotopic (exact) mass is 476 g/mol. The van der Waals surface area contributed by atoms with E-state index < -0.39 is 35.5 Å². The molecule has 2 fully saturated rings.